The lowest BCUT2D eigenvalue weighted by Gasteiger charge is -2.34. The van der Waals surface area contributed by atoms with E-state index in [2.05, 4.69) is 0 Å². The van der Waals surface area contributed by atoms with E-state index in [0.717, 1.165) is 5.56 Å². The van der Waals surface area contributed by atoms with Crippen LogP contribution in [0, 0.1) is 15.9 Å². The Labute approximate surface area is 144 Å². The molecule has 0 amide bonds. The number of halogens is 1. The van der Waals surface area contributed by atoms with Crippen molar-refractivity contribution in [3.8, 4) is 0 Å². The van der Waals surface area contributed by atoms with Crippen LogP contribution in [0.4, 0.5) is 15.8 Å². The molecule has 0 aromatic heterocycles. The topological polar surface area (TPSA) is 72.7 Å². The maximum Gasteiger partial charge on any atom is 0.293 e. The van der Waals surface area contributed by atoms with Crippen molar-refractivity contribution in [3.05, 3.63) is 69.5 Å². The number of Topliss-reactive ketones (excluding diaryl/α,β-unsaturated/α-hetero) is 1. The van der Waals surface area contributed by atoms with E-state index < -0.39 is 4.92 Å². The quantitative estimate of drug-likeness (QED) is 0.482. The summed E-state index contributed by atoms with van der Waals surface area (Å²) in [5.74, 6) is -0.548. The summed E-state index contributed by atoms with van der Waals surface area (Å²) in [7, 11) is 0. The summed E-state index contributed by atoms with van der Waals surface area (Å²) in [6.45, 7) is 2.68. The standard InChI is InChI=1S/C18H17FN2O4/c1-12(22)14-4-7-16(17(10-14)21(23)24)20-8-9-25-18(11-20)13-2-5-15(19)6-3-13/h2-7,10,18H,8-9,11H2,1H3/t18-/m0/s1. The van der Waals surface area contributed by atoms with Crippen molar-refractivity contribution >= 4 is 17.2 Å². The molecular weight excluding hydrogens is 327 g/mol. The van der Waals surface area contributed by atoms with Crippen LogP contribution < -0.4 is 4.90 Å². The predicted molar refractivity (Wildman–Crippen MR) is 90.4 cm³/mol. The molecule has 0 N–H and O–H groups in total. The third-order valence-electron chi connectivity index (χ3n) is 4.23. The first-order chi connectivity index (χ1) is 12.0. The molecule has 2 aromatic carbocycles. The number of carbonyl (C=O) groups excluding carboxylic acids is 1. The highest BCUT2D eigenvalue weighted by molar-refractivity contribution is 5.95. The van der Waals surface area contributed by atoms with E-state index in [9.17, 15) is 19.3 Å². The summed E-state index contributed by atoms with van der Waals surface area (Å²) in [5.41, 5.74) is 1.46. The van der Waals surface area contributed by atoms with Gasteiger partial charge < -0.3 is 9.64 Å². The number of nitro groups is 1. The van der Waals surface area contributed by atoms with E-state index in [1.165, 1.54) is 25.1 Å². The van der Waals surface area contributed by atoms with E-state index in [1.54, 1.807) is 24.3 Å². The number of anilines is 1. The van der Waals surface area contributed by atoms with Crippen molar-refractivity contribution in [2.45, 2.75) is 13.0 Å². The zero-order chi connectivity index (χ0) is 18.0. The van der Waals surface area contributed by atoms with Crippen LogP contribution in [0.25, 0.3) is 0 Å². The van der Waals surface area contributed by atoms with Gasteiger partial charge in [0.25, 0.3) is 5.69 Å². The smallest absolute Gasteiger partial charge is 0.293 e. The molecule has 3 rings (SSSR count). The summed E-state index contributed by atoms with van der Waals surface area (Å²) in [4.78, 5) is 24.3. The van der Waals surface area contributed by atoms with Crippen molar-refractivity contribution in [2.75, 3.05) is 24.6 Å². The summed E-state index contributed by atoms with van der Waals surface area (Å²) < 4.78 is 18.8. The maximum atomic E-state index is 13.1. The number of morpholine rings is 1. The van der Waals surface area contributed by atoms with Gasteiger partial charge in [-0.1, -0.05) is 12.1 Å². The normalized spacial score (nSPS) is 17.4. The first-order valence-electron chi connectivity index (χ1n) is 7.87. The van der Waals surface area contributed by atoms with Gasteiger partial charge in [-0.25, -0.2) is 4.39 Å². The molecule has 130 valence electrons. The van der Waals surface area contributed by atoms with Crippen molar-refractivity contribution in [2.24, 2.45) is 0 Å². The number of hydrogen-bond acceptors (Lipinski definition) is 5. The van der Waals surface area contributed by atoms with Crippen molar-refractivity contribution in [1.29, 1.82) is 0 Å². The number of benzene rings is 2. The van der Waals surface area contributed by atoms with E-state index in [4.69, 9.17) is 4.74 Å². The van der Waals surface area contributed by atoms with Crippen LogP contribution >= 0.6 is 0 Å². The number of carbonyl (C=O) groups is 1. The van der Waals surface area contributed by atoms with Gasteiger partial charge in [0, 0.05) is 24.7 Å². The minimum absolute atomic E-state index is 0.104. The Morgan fingerprint density at radius 1 is 1.28 bits per heavy atom. The zero-order valence-corrected chi connectivity index (χ0v) is 13.6. The Hall–Kier alpha value is -2.80. The lowest BCUT2D eigenvalue weighted by molar-refractivity contribution is -0.384. The van der Waals surface area contributed by atoms with Gasteiger partial charge in [-0.15, -0.1) is 0 Å². The predicted octanol–water partition coefficient (Wildman–Crippen LogP) is 3.51. The van der Waals surface area contributed by atoms with Gasteiger partial charge in [0.05, 0.1) is 11.5 Å². The molecule has 1 aliphatic heterocycles. The van der Waals surface area contributed by atoms with E-state index in [-0.39, 0.29) is 23.4 Å². The minimum atomic E-state index is -0.482. The fraction of sp³-hybridized carbons (Fsp3) is 0.278. The van der Waals surface area contributed by atoms with Gasteiger partial charge in [0.2, 0.25) is 0 Å². The largest absolute Gasteiger partial charge is 0.370 e. The highest BCUT2D eigenvalue weighted by Crippen LogP contribution is 2.33. The second kappa shape index (κ2) is 6.98. The monoisotopic (exact) mass is 344 g/mol. The first-order valence-corrected chi connectivity index (χ1v) is 7.87. The third-order valence-corrected chi connectivity index (χ3v) is 4.23. The van der Waals surface area contributed by atoms with Gasteiger partial charge in [-0.2, -0.15) is 0 Å². The molecule has 25 heavy (non-hydrogen) atoms. The molecule has 0 saturated carbocycles. The minimum Gasteiger partial charge on any atom is -0.370 e. The Morgan fingerprint density at radius 3 is 2.64 bits per heavy atom. The van der Waals surface area contributed by atoms with E-state index in [0.29, 0.717) is 30.9 Å². The fourth-order valence-electron chi connectivity index (χ4n) is 2.90. The van der Waals surface area contributed by atoms with Gasteiger partial charge in [0.15, 0.2) is 5.78 Å². The second-order valence-corrected chi connectivity index (χ2v) is 5.87. The zero-order valence-electron chi connectivity index (χ0n) is 13.6. The van der Waals surface area contributed by atoms with Gasteiger partial charge in [-0.05, 0) is 36.8 Å². The number of ketones is 1. The molecule has 1 fully saturated rings. The fourth-order valence-corrected chi connectivity index (χ4v) is 2.90. The number of ether oxygens (including phenoxy) is 1. The lowest BCUT2D eigenvalue weighted by atomic mass is 10.1. The van der Waals surface area contributed by atoms with Crippen molar-refractivity contribution in [1.82, 2.24) is 0 Å². The van der Waals surface area contributed by atoms with Crippen LogP contribution in [0.1, 0.15) is 28.9 Å². The molecule has 0 unspecified atom stereocenters. The van der Waals surface area contributed by atoms with Gasteiger partial charge in [0.1, 0.15) is 17.6 Å². The molecule has 7 heteroatoms. The van der Waals surface area contributed by atoms with E-state index in [1.807, 2.05) is 4.90 Å². The van der Waals surface area contributed by atoms with Crippen molar-refractivity contribution < 1.29 is 18.8 Å². The maximum absolute atomic E-state index is 13.1. The first kappa shape index (κ1) is 17.0. The summed E-state index contributed by atoms with van der Waals surface area (Å²) in [5, 5.41) is 11.4. The molecule has 0 spiro atoms. The molecule has 1 saturated heterocycles. The molecule has 2 aromatic rings. The molecule has 0 aliphatic carbocycles. The van der Waals surface area contributed by atoms with Crippen LogP contribution in [-0.2, 0) is 4.74 Å². The van der Waals surface area contributed by atoms with Crippen molar-refractivity contribution in [3.63, 3.8) is 0 Å². The molecular formula is C18H17FN2O4. The molecule has 6 nitrogen and oxygen atoms in total. The average Bonchev–Trinajstić information content (AvgIpc) is 2.62. The van der Waals surface area contributed by atoms with E-state index >= 15 is 0 Å². The van der Waals surface area contributed by atoms with Gasteiger partial charge >= 0.3 is 0 Å². The molecule has 1 heterocycles. The highest BCUT2D eigenvalue weighted by atomic mass is 19.1. The Bertz CT molecular complexity index is 807. The number of nitro benzene ring substituents is 1. The number of hydrogen-bond donors (Lipinski definition) is 0. The Kier molecular flexibility index (Phi) is 4.76. The molecule has 1 aliphatic rings. The third kappa shape index (κ3) is 3.66. The molecule has 1 atom stereocenters. The summed E-state index contributed by atoms with van der Waals surface area (Å²) in [6, 6.07) is 10.5. The summed E-state index contributed by atoms with van der Waals surface area (Å²) in [6.07, 6.45) is -0.304. The van der Waals surface area contributed by atoms with Crippen LogP contribution in [-0.4, -0.2) is 30.4 Å². The second-order valence-electron chi connectivity index (χ2n) is 5.87. The number of rotatable bonds is 4. The van der Waals surface area contributed by atoms with Gasteiger partial charge in [-0.3, -0.25) is 14.9 Å². The molecule has 0 bridgehead atoms. The van der Waals surface area contributed by atoms with Crippen LogP contribution in [0.3, 0.4) is 0 Å². The number of nitrogens with zero attached hydrogens (tertiary/aromatic N) is 2. The van der Waals surface area contributed by atoms with Crippen LogP contribution in [0.15, 0.2) is 42.5 Å². The Morgan fingerprint density at radius 2 is 2.00 bits per heavy atom. The van der Waals surface area contributed by atoms with Crippen LogP contribution in [0.5, 0.6) is 0 Å². The lowest BCUT2D eigenvalue weighted by Crippen LogP contribution is -2.38. The van der Waals surface area contributed by atoms with Crippen LogP contribution in [0.2, 0.25) is 0 Å². The highest BCUT2D eigenvalue weighted by Gasteiger charge is 2.27. The SMILES string of the molecule is CC(=O)c1ccc(N2CCO[C@H](c3ccc(F)cc3)C2)c([N+](=O)[O-])c1. The molecule has 0 radical (unpaired) electrons. The summed E-state index contributed by atoms with van der Waals surface area (Å²) >= 11 is 0. The average molecular weight is 344 g/mol. The Balaban J connectivity index is 1.89.